The number of nitrogens with two attached hydrogens (primary N) is 1. The molecule has 4 nitrogen and oxygen atoms in total. The number of hydrogen-bond acceptors (Lipinski definition) is 3. The van der Waals surface area contributed by atoms with E-state index in [0.29, 0.717) is 17.8 Å². The fourth-order valence-electron chi connectivity index (χ4n) is 2.91. The normalized spacial score (nSPS) is 16.1. The second-order valence-corrected chi connectivity index (χ2v) is 5.29. The molecule has 20 heavy (non-hydrogen) atoms. The topological polar surface area (TPSA) is 73.3 Å². The van der Waals surface area contributed by atoms with E-state index < -0.39 is 0 Å². The molecule has 0 bridgehead atoms. The van der Waals surface area contributed by atoms with E-state index in [4.69, 9.17) is 11.1 Å². The van der Waals surface area contributed by atoms with Gasteiger partial charge in [-0.25, -0.2) is 4.39 Å². The average molecular weight is 279 g/mol. The predicted octanol–water partition coefficient (Wildman–Crippen LogP) is 2.24. The van der Waals surface area contributed by atoms with Crippen LogP contribution in [0.3, 0.4) is 0 Å². The number of nitrogens with one attached hydrogen (secondary N) is 1. The van der Waals surface area contributed by atoms with Crippen LogP contribution in [0.1, 0.15) is 37.7 Å². The number of anilines is 1. The molecular formula is C15H22FN3O. The third-order valence-corrected chi connectivity index (χ3v) is 3.92. The highest BCUT2D eigenvalue weighted by Crippen LogP contribution is 2.29. The monoisotopic (exact) mass is 279 g/mol. The molecule has 1 fully saturated rings. The van der Waals surface area contributed by atoms with E-state index in [1.54, 1.807) is 12.1 Å². The Morgan fingerprint density at radius 1 is 1.35 bits per heavy atom. The number of hydrogen-bond donors (Lipinski definition) is 3. The lowest BCUT2D eigenvalue weighted by molar-refractivity contribution is 0.289. The summed E-state index contributed by atoms with van der Waals surface area (Å²) < 4.78 is 14.3. The summed E-state index contributed by atoms with van der Waals surface area (Å²) in [5.41, 5.74) is 6.26. The first kappa shape index (κ1) is 14.8. The lowest BCUT2D eigenvalue weighted by Crippen LogP contribution is -2.39. The van der Waals surface area contributed by atoms with Crippen molar-refractivity contribution in [1.82, 2.24) is 0 Å². The Bertz CT molecular complexity index is 472. The zero-order valence-corrected chi connectivity index (χ0v) is 11.6. The Labute approximate surface area is 118 Å². The van der Waals surface area contributed by atoms with Gasteiger partial charge in [0.1, 0.15) is 11.7 Å². The third kappa shape index (κ3) is 3.28. The molecule has 0 amide bonds. The molecule has 110 valence electrons. The van der Waals surface area contributed by atoms with E-state index in [1.165, 1.54) is 12.5 Å². The Morgan fingerprint density at radius 3 is 2.60 bits per heavy atom. The Kier molecular flexibility index (Phi) is 4.95. The lowest BCUT2D eigenvalue weighted by Gasteiger charge is -2.36. The average Bonchev–Trinajstić information content (AvgIpc) is 2.46. The molecule has 0 heterocycles. The van der Waals surface area contributed by atoms with Crippen LogP contribution in [0.15, 0.2) is 18.2 Å². The van der Waals surface area contributed by atoms with Crippen molar-refractivity contribution < 1.29 is 9.50 Å². The Morgan fingerprint density at radius 2 is 2.05 bits per heavy atom. The first-order valence-electron chi connectivity index (χ1n) is 7.15. The van der Waals surface area contributed by atoms with Gasteiger partial charge in [0.2, 0.25) is 0 Å². The first-order valence-corrected chi connectivity index (χ1v) is 7.15. The maximum absolute atomic E-state index is 14.3. The Balaban J connectivity index is 2.26. The molecule has 1 aromatic rings. The summed E-state index contributed by atoms with van der Waals surface area (Å²) in [5, 5.41) is 16.6. The second-order valence-electron chi connectivity index (χ2n) is 5.29. The van der Waals surface area contributed by atoms with Gasteiger partial charge in [0.25, 0.3) is 0 Å². The van der Waals surface area contributed by atoms with E-state index in [2.05, 4.69) is 0 Å². The zero-order chi connectivity index (χ0) is 14.5. The number of amidine groups is 1. The van der Waals surface area contributed by atoms with Crippen molar-refractivity contribution >= 4 is 11.5 Å². The van der Waals surface area contributed by atoms with E-state index in [0.717, 1.165) is 25.7 Å². The first-order chi connectivity index (χ1) is 9.63. The molecule has 5 heteroatoms. The van der Waals surface area contributed by atoms with Crippen LogP contribution in [0.25, 0.3) is 0 Å². The molecule has 1 aliphatic carbocycles. The van der Waals surface area contributed by atoms with Crippen molar-refractivity contribution in [1.29, 1.82) is 5.41 Å². The zero-order valence-electron chi connectivity index (χ0n) is 11.6. The number of aliphatic hydroxyl groups excluding tert-OH is 1. The van der Waals surface area contributed by atoms with Gasteiger partial charge >= 0.3 is 0 Å². The SMILES string of the molecule is N=C(N)c1ccc(N(CCO)C2CCCCC2)c(F)c1. The summed E-state index contributed by atoms with van der Waals surface area (Å²) in [6.45, 7) is 0.436. The summed E-state index contributed by atoms with van der Waals surface area (Å²) in [5.74, 6) is -0.515. The highest BCUT2D eigenvalue weighted by atomic mass is 19.1. The van der Waals surface area contributed by atoms with Gasteiger partial charge in [-0.1, -0.05) is 19.3 Å². The van der Waals surface area contributed by atoms with Gasteiger partial charge in [-0.3, -0.25) is 5.41 Å². The summed E-state index contributed by atoms with van der Waals surface area (Å²) >= 11 is 0. The van der Waals surface area contributed by atoms with Gasteiger partial charge in [0.05, 0.1) is 12.3 Å². The maximum atomic E-state index is 14.3. The van der Waals surface area contributed by atoms with Gasteiger partial charge in [0, 0.05) is 18.2 Å². The molecule has 1 aliphatic rings. The second kappa shape index (κ2) is 6.70. The number of benzene rings is 1. The lowest BCUT2D eigenvalue weighted by atomic mass is 9.93. The van der Waals surface area contributed by atoms with Crippen molar-refractivity contribution in [3.05, 3.63) is 29.6 Å². The van der Waals surface area contributed by atoms with E-state index in [1.807, 2.05) is 4.90 Å². The van der Waals surface area contributed by atoms with Crippen molar-refractivity contribution in [2.45, 2.75) is 38.1 Å². The summed E-state index contributed by atoms with van der Waals surface area (Å²) in [6.07, 6.45) is 5.61. The Hall–Kier alpha value is -1.62. The summed E-state index contributed by atoms with van der Waals surface area (Å²) in [6, 6.07) is 4.91. The highest BCUT2D eigenvalue weighted by Gasteiger charge is 2.23. The molecule has 0 saturated heterocycles. The fourth-order valence-corrected chi connectivity index (χ4v) is 2.91. The van der Waals surface area contributed by atoms with Gasteiger partial charge in [0.15, 0.2) is 0 Å². The highest BCUT2D eigenvalue weighted by molar-refractivity contribution is 5.95. The van der Waals surface area contributed by atoms with E-state index >= 15 is 0 Å². The minimum absolute atomic E-state index is 0.00436. The van der Waals surface area contributed by atoms with Crippen molar-refractivity contribution in [3.63, 3.8) is 0 Å². The van der Waals surface area contributed by atoms with Crippen LogP contribution < -0.4 is 10.6 Å². The maximum Gasteiger partial charge on any atom is 0.147 e. The molecule has 0 atom stereocenters. The number of aliphatic hydroxyl groups is 1. The molecule has 0 radical (unpaired) electrons. The third-order valence-electron chi connectivity index (χ3n) is 3.92. The van der Waals surface area contributed by atoms with Crippen molar-refractivity contribution in [2.75, 3.05) is 18.1 Å². The van der Waals surface area contributed by atoms with Crippen molar-refractivity contribution in [2.24, 2.45) is 5.73 Å². The van der Waals surface area contributed by atoms with Crippen LogP contribution in [0, 0.1) is 11.2 Å². The van der Waals surface area contributed by atoms with Crippen LogP contribution in [0.4, 0.5) is 10.1 Å². The van der Waals surface area contributed by atoms with Crippen LogP contribution in [-0.4, -0.2) is 30.1 Å². The minimum Gasteiger partial charge on any atom is -0.395 e. The smallest absolute Gasteiger partial charge is 0.147 e. The molecule has 2 rings (SSSR count). The largest absolute Gasteiger partial charge is 0.395 e. The molecule has 1 aromatic carbocycles. The number of halogens is 1. The molecule has 0 aliphatic heterocycles. The van der Waals surface area contributed by atoms with Crippen molar-refractivity contribution in [3.8, 4) is 0 Å². The molecular weight excluding hydrogens is 257 g/mol. The minimum atomic E-state index is -0.378. The summed E-state index contributed by atoms with van der Waals surface area (Å²) in [7, 11) is 0. The van der Waals surface area contributed by atoms with Crippen LogP contribution in [0.5, 0.6) is 0 Å². The molecule has 0 spiro atoms. The van der Waals surface area contributed by atoms with Gasteiger partial charge in [-0.15, -0.1) is 0 Å². The van der Waals surface area contributed by atoms with Crippen LogP contribution in [0.2, 0.25) is 0 Å². The fraction of sp³-hybridized carbons (Fsp3) is 0.533. The van der Waals surface area contributed by atoms with E-state index in [-0.39, 0.29) is 24.3 Å². The summed E-state index contributed by atoms with van der Waals surface area (Å²) in [4.78, 5) is 1.96. The van der Waals surface area contributed by atoms with Gasteiger partial charge in [-0.05, 0) is 31.0 Å². The van der Waals surface area contributed by atoms with Crippen LogP contribution in [-0.2, 0) is 0 Å². The van der Waals surface area contributed by atoms with Crippen LogP contribution >= 0.6 is 0 Å². The number of rotatable bonds is 5. The molecule has 4 N–H and O–H groups in total. The molecule has 0 unspecified atom stereocenters. The molecule has 0 aromatic heterocycles. The van der Waals surface area contributed by atoms with Gasteiger partial charge < -0.3 is 15.7 Å². The predicted molar refractivity (Wildman–Crippen MR) is 78.7 cm³/mol. The quantitative estimate of drug-likeness (QED) is 0.571. The number of nitrogen functional groups attached to an aromatic ring is 1. The number of nitrogens with zero attached hydrogens (tertiary/aromatic N) is 1. The molecule has 1 saturated carbocycles. The van der Waals surface area contributed by atoms with Gasteiger partial charge in [-0.2, -0.15) is 0 Å². The standard InChI is InChI=1S/C15H22FN3O/c16-13-10-11(15(17)18)6-7-14(13)19(8-9-20)12-4-2-1-3-5-12/h6-7,10,12,20H,1-5,8-9H2,(H3,17,18). The van der Waals surface area contributed by atoms with E-state index in [9.17, 15) is 9.50 Å².